The van der Waals surface area contributed by atoms with Crippen LogP contribution in [0.5, 0.6) is 0 Å². The molecule has 2 rings (SSSR count). The molecule has 0 saturated heterocycles. The van der Waals surface area contributed by atoms with Crippen molar-refractivity contribution < 1.29 is 4.79 Å². The van der Waals surface area contributed by atoms with Crippen molar-refractivity contribution >= 4 is 21.8 Å². The van der Waals surface area contributed by atoms with Gasteiger partial charge in [-0.25, -0.2) is 0 Å². The molecule has 1 amide bonds. The SMILES string of the molecule is Cc1c(Br)c(C(=O)N[C@@H]2CCCC[C@H]2C)nn1C. The van der Waals surface area contributed by atoms with Gasteiger partial charge in [-0.2, -0.15) is 5.10 Å². The highest BCUT2D eigenvalue weighted by atomic mass is 79.9. The van der Waals surface area contributed by atoms with E-state index in [0.717, 1.165) is 16.6 Å². The molecule has 0 spiro atoms. The van der Waals surface area contributed by atoms with Crippen LogP contribution in [0.15, 0.2) is 4.47 Å². The van der Waals surface area contributed by atoms with E-state index in [4.69, 9.17) is 0 Å². The van der Waals surface area contributed by atoms with Crippen LogP contribution in [0.25, 0.3) is 0 Å². The molecule has 2 atom stereocenters. The van der Waals surface area contributed by atoms with E-state index in [9.17, 15) is 4.79 Å². The van der Waals surface area contributed by atoms with Gasteiger partial charge in [-0.3, -0.25) is 9.48 Å². The highest BCUT2D eigenvalue weighted by molar-refractivity contribution is 9.10. The van der Waals surface area contributed by atoms with E-state index in [1.165, 1.54) is 19.3 Å². The molecule has 0 bridgehead atoms. The van der Waals surface area contributed by atoms with Crippen LogP contribution in [-0.4, -0.2) is 21.7 Å². The summed E-state index contributed by atoms with van der Waals surface area (Å²) in [6.07, 6.45) is 4.77. The second-order valence-corrected chi connectivity index (χ2v) is 6.01. The Morgan fingerprint density at radius 1 is 1.44 bits per heavy atom. The van der Waals surface area contributed by atoms with Gasteiger partial charge < -0.3 is 5.32 Å². The third-order valence-electron chi connectivity index (χ3n) is 3.90. The smallest absolute Gasteiger partial charge is 0.273 e. The Hall–Kier alpha value is -0.840. The van der Waals surface area contributed by atoms with Crippen molar-refractivity contribution in [3.8, 4) is 0 Å². The molecule has 1 saturated carbocycles. The highest BCUT2D eigenvalue weighted by Gasteiger charge is 2.25. The van der Waals surface area contributed by atoms with E-state index in [2.05, 4.69) is 33.3 Å². The number of rotatable bonds is 2. The highest BCUT2D eigenvalue weighted by Crippen LogP contribution is 2.25. The minimum absolute atomic E-state index is 0.0654. The van der Waals surface area contributed by atoms with Crippen LogP contribution >= 0.6 is 15.9 Å². The van der Waals surface area contributed by atoms with Gasteiger partial charge in [0.25, 0.3) is 5.91 Å². The van der Waals surface area contributed by atoms with Gasteiger partial charge in [0.15, 0.2) is 5.69 Å². The lowest BCUT2D eigenvalue weighted by atomic mass is 9.86. The van der Waals surface area contributed by atoms with E-state index in [-0.39, 0.29) is 5.91 Å². The van der Waals surface area contributed by atoms with Gasteiger partial charge in [0.1, 0.15) is 0 Å². The number of nitrogens with one attached hydrogen (secondary N) is 1. The molecule has 100 valence electrons. The van der Waals surface area contributed by atoms with Crippen LogP contribution in [0.1, 0.15) is 48.8 Å². The molecule has 0 aliphatic heterocycles. The standard InChI is InChI=1S/C13H20BrN3O/c1-8-6-4-5-7-10(8)15-13(18)12-11(14)9(2)17(3)16-12/h8,10H,4-7H2,1-3H3,(H,15,18)/t8-,10-/m1/s1. The van der Waals surface area contributed by atoms with Crippen LogP contribution in [0.2, 0.25) is 0 Å². The monoisotopic (exact) mass is 313 g/mol. The van der Waals surface area contributed by atoms with Crippen molar-refractivity contribution in [2.45, 2.75) is 45.6 Å². The second kappa shape index (κ2) is 5.43. The van der Waals surface area contributed by atoms with Crippen molar-refractivity contribution in [1.29, 1.82) is 0 Å². The topological polar surface area (TPSA) is 46.9 Å². The number of carbonyl (C=O) groups excluding carboxylic acids is 1. The minimum atomic E-state index is -0.0654. The summed E-state index contributed by atoms with van der Waals surface area (Å²) < 4.78 is 2.52. The molecule has 4 nitrogen and oxygen atoms in total. The van der Waals surface area contributed by atoms with Crippen LogP contribution in [0.3, 0.4) is 0 Å². The van der Waals surface area contributed by atoms with E-state index in [1.54, 1.807) is 4.68 Å². The van der Waals surface area contributed by atoms with E-state index >= 15 is 0 Å². The molecular weight excluding hydrogens is 294 g/mol. The summed E-state index contributed by atoms with van der Waals surface area (Å²) >= 11 is 3.44. The zero-order valence-corrected chi connectivity index (χ0v) is 12.7. The summed E-state index contributed by atoms with van der Waals surface area (Å²) in [6, 6.07) is 0.292. The Kier molecular flexibility index (Phi) is 4.10. The fourth-order valence-corrected chi connectivity index (χ4v) is 3.01. The Balaban J connectivity index is 2.09. The van der Waals surface area contributed by atoms with Crippen LogP contribution in [0, 0.1) is 12.8 Å². The van der Waals surface area contributed by atoms with Gasteiger partial charge in [0.2, 0.25) is 0 Å². The zero-order chi connectivity index (χ0) is 13.3. The third kappa shape index (κ3) is 2.60. The number of halogens is 1. The Labute approximate surface area is 116 Å². The zero-order valence-electron chi connectivity index (χ0n) is 11.2. The Morgan fingerprint density at radius 3 is 2.67 bits per heavy atom. The maximum Gasteiger partial charge on any atom is 0.273 e. The Morgan fingerprint density at radius 2 is 2.11 bits per heavy atom. The minimum Gasteiger partial charge on any atom is -0.348 e. The lowest BCUT2D eigenvalue weighted by Gasteiger charge is -2.29. The molecule has 0 radical (unpaired) electrons. The number of aryl methyl sites for hydroxylation is 1. The molecule has 1 aliphatic rings. The summed E-state index contributed by atoms with van der Waals surface area (Å²) in [5.74, 6) is 0.496. The average Bonchev–Trinajstić information content (AvgIpc) is 2.60. The van der Waals surface area contributed by atoms with E-state index in [1.807, 2.05) is 14.0 Å². The lowest BCUT2D eigenvalue weighted by Crippen LogP contribution is -2.41. The molecule has 1 aromatic heterocycles. The number of hydrogen-bond donors (Lipinski definition) is 1. The van der Waals surface area contributed by atoms with Gasteiger partial charge in [-0.15, -0.1) is 0 Å². The molecule has 1 N–H and O–H groups in total. The molecule has 5 heteroatoms. The normalized spacial score (nSPS) is 24.0. The average molecular weight is 314 g/mol. The molecule has 1 heterocycles. The fraction of sp³-hybridized carbons (Fsp3) is 0.692. The number of amides is 1. The molecule has 1 aromatic rings. The van der Waals surface area contributed by atoms with Crippen molar-refractivity contribution in [3.63, 3.8) is 0 Å². The molecule has 1 aliphatic carbocycles. The van der Waals surface area contributed by atoms with Gasteiger partial charge in [0.05, 0.1) is 10.2 Å². The summed E-state index contributed by atoms with van der Waals surface area (Å²) in [6.45, 7) is 4.15. The van der Waals surface area contributed by atoms with Gasteiger partial charge in [-0.05, 0) is 41.6 Å². The summed E-state index contributed by atoms with van der Waals surface area (Å²) in [7, 11) is 1.85. The van der Waals surface area contributed by atoms with E-state index < -0.39 is 0 Å². The number of aromatic nitrogens is 2. The first-order valence-corrected chi connectivity index (χ1v) is 7.30. The third-order valence-corrected chi connectivity index (χ3v) is 4.85. The quantitative estimate of drug-likeness (QED) is 0.912. The first-order valence-electron chi connectivity index (χ1n) is 6.50. The fourth-order valence-electron chi connectivity index (χ4n) is 2.49. The summed E-state index contributed by atoms with van der Waals surface area (Å²) in [4.78, 5) is 12.2. The van der Waals surface area contributed by atoms with E-state index in [0.29, 0.717) is 17.7 Å². The van der Waals surface area contributed by atoms with Gasteiger partial charge >= 0.3 is 0 Å². The summed E-state index contributed by atoms with van der Waals surface area (Å²) in [5, 5.41) is 7.38. The summed E-state index contributed by atoms with van der Waals surface area (Å²) in [5.41, 5.74) is 1.46. The Bertz CT molecular complexity index is 455. The number of nitrogens with zero attached hydrogens (tertiary/aromatic N) is 2. The van der Waals surface area contributed by atoms with Crippen LogP contribution < -0.4 is 5.32 Å². The maximum absolute atomic E-state index is 12.2. The predicted octanol–water partition coefficient (Wildman–Crippen LogP) is 2.80. The van der Waals surface area contributed by atoms with Crippen molar-refractivity contribution in [2.24, 2.45) is 13.0 Å². The van der Waals surface area contributed by atoms with Crippen molar-refractivity contribution in [1.82, 2.24) is 15.1 Å². The molecular formula is C13H20BrN3O. The first-order chi connectivity index (χ1) is 8.50. The first kappa shape index (κ1) is 13.6. The molecule has 1 fully saturated rings. The van der Waals surface area contributed by atoms with Crippen LogP contribution in [-0.2, 0) is 7.05 Å². The molecule has 0 unspecified atom stereocenters. The predicted molar refractivity (Wildman–Crippen MR) is 74.5 cm³/mol. The molecule has 18 heavy (non-hydrogen) atoms. The van der Waals surface area contributed by atoms with Gasteiger partial charge in [-0.1, -0.05) is 19.8 Å². The second-order valence-electron chi connectivity index (χ2n) is 5.21. The number of hydrogen-bond acceptors (Lipinski definition) is 2. The number of carbonyl (C=O) groups is 1. The van der Waals surface area contributed by atoms with Crippen molar-refractivity contribution in [2.75, 3.05) is 0 Å². The lowest BCUT2D eigenvalue weighted by molar-refractivity contribution is 0.0903. The largest absolute Gasteiger partial charge is 0.348 e. The van der Waals surface area contributed by atoms with Gasteiger partial charge in [0, 0.05) is 13.1 Å². The van der Waals surface area contributed by atoms with Crippen LogP contribution in [0.4, 0.5) is 0 Å². The molecule has 0 aromatic carbocycles. The maximum atomic E-state index is 12.2. The van der Waals surface area contributed by atoms with Crippen molar-refractivity contribution in [3.05, 3.63) is 15.9 Å².